The molecular formula is K2NaO8PSi-4. The van der Waals surface area contributed by atoms with E-state index >= 15 is 0 Å². The summed E-state index contributed by atoms with van der Waals surface area (Å²) in [5.74, 6) is 0. The van der Waals surface area contributed by atoms with Gasteiger partial charge in [0.15, 0.2) is 0 Å². The third kappa shape index (κ3) is 174. The van der Waals surface area contributed by atoms with E-state index in [4.69, 9.17) is 38.4 Å². The zero-order chi connectivity index (χ0) is 9.00. The summed E-state index contributed by atoms with van der Waals surface area (Å²) in [6.07, 6.45) is 0. The van der Waals surface area contributed by atoms with Crippen molar-refractivity contribution in [3.63, 3.8) is 0 Å². The molecule has 13 heteroatoms. The molecule has 0 atom stereocenters. The Hall–Kier alpha value is 4.44. The van der Waals surface area contributed by atoms with E-state index in [1.54, 1.807) is 0 Å². The van der Waals surface area contributed by atoms with Gasteiger partial charge in [-0.3, -0.25) is 0 Å². The summed E-state index contributed by atoms with van der Waals surface area (Å²) < 4.78 is 8.55. The van der Waals surface area contributed by atoms with Gasteiger partial charge in [0.25, 0.3) is 0 Å². The van der Waals surface area contributed by atoms with Gasteiger partial charge in [-0.05, 0) is 0 Å². The average Bonchev–Trinajstić information content (AvgIpc) is 1.12. The zero-order valence-electron chi connectivity index (χ0n) is 7.21. The van der Waals surface area contributed by atoms with Crippen LogP contribution in [0, 0.1) is 0 Å². The van der Waals surface area contributed by atoms with E-state index in [0.29, 0.717) is 0 Å². The molecule has 0 unspecified atom stereocenters. The molecule has 0 amide bonds. The third-order valence-electron chi connectivity index (χ3n) is 0. The van der Waals surface area contributed by atoms with Crippen LogP contribution in [0.25, 0.3) is 0 Å². The van der Waals surface area contributed by atoms with Crippen LogP contribution in [0.15, 0.2) is 0 Å². The standard InChI is InChI=1S/2K.Na.H3O4P.O4Si/c;;;2*1-5(2,3)4/h;;;(H3,1,2,3,4);/q3*+1;;-4/p-3. The second kappa shape index (κ2) is 14.5. The van der Waals surface area contributed by atoms with E-state index in [2.05, 4.69) is 0 Å². The summed E-state index contributed by atoms with van der Waals surface area (Å²) in [6.45, 7) is 0. The van der Waals surface area contributed by atoms with E-state index in [9.17, 15) is 0 Å². The van der Waals surface area contributed by atoms with Gasteiger partial charge < -0.3 is 47.5 Å². The van der Waals surface area contributed by atoms with E-state index in [-0.39, 0.29) is 132 Å². The molecule has 8 nitrogen and oxygen atoms in total. The van der Waals surface area contributed by atoms with Crippen molar-refractivity contribution in [1.82, 2.24) is 0 Å². The number of rotatable bonds is 0. The van der Waals surface area contributed by atoms with Crippen molar-refractivity contribution in [3.8, 4) is 0 Å². The second-order valence-electron chi connectivity index (χ2n) is 0.947. The summed E-state index contributed by atoms with van der Waals surface area (Å²) in [7, 11) is -11.0. The Labute approximate surface area is 183 Å². The Balaban J connectivity index is -0.0000000267. The van der Waals surface area contributed by atoms with Crippen molar-refractivity contribution >= 4 is 16.9 Å². The molecule has 64 valence electrons. The fraction of sp³-hybridized carbons (Fsp3) is 0. The molecule has 0 heterocycles. The topological polar surface area (TPSA) is 178 Å². The molecule has 0 fully saturated rings. The van der Waals surface area contributed by atoms with Crippen LogP contribution >= 0.6 is 7.82 Å². The van der Waals surface area contributed by atoms with Crippen LogP contribution < -0.4 is 166 Å². The first kappa shape index (κ1) is 30.5. The summed E-state index contributed by atoms with van der Waals surface area (Å²) in [4.78, 5) is 60.0. The minimum atomic E-state index is -5.61. The fourth-order valence-corrected chi connectivity index (χ4v) is 0. The van der Waals surface area contributed by atoms with E-state index in [0.717, 1.165) is 0 Å². The maximum absolute atomic E-state index is 8.58. The van der Waals surface area contributed by atoms with E-state index in [1.165, 1.54) is 0 Å². The molecule has 0 bridgehead atoms. The Morgan fingerprint density at radius 1 is 0.846 bits per heavy atom. The smallest absolute Gasteiger partial charge is 0.894 e. The molecule has 0 saturated heterocycles. The Bertz CT molecular complexity index is 114. The maximum atomic E-state index is 8.58. The van der Waals surface area contributed by atoms with Crippen LogP contribution in [-0.4, -0.2) is 9.05 Å². The molecular weight excluding hydrogens is 288 g/mol. The Kier molecular flexibility index (Phi) is 34.0. The van der Waals surface area contributed by atoms with Crippen molar-refractivity contribution in [2.45, 2.75) is 0 Å². The molecule has 0 aromatic heterocycles. The SMILES string of the molecule is O=P([O-])([O-])[O-].[K+].[K+].[Na+].[O-][Si]([O-])([O-])[O-]. The van der Waals surface area contributed by atoms with Crippen LogP contribution in [0.1, 0.15) is 0 Å². The van der Waals surface area contributed by atoms with Crippen molar-refractivity contribution in [2.75, 3.05) is 0 Å². The molecule has 0 aromatic rings. The van der Waals surface area contributed by atoms with E-state index < -0.39 is 16.9 Å². The summed E-state index contributed by atoms with van der Waals surface area (Å²) >= 11 is 0. The first-order valence-corrected chi connectivity index (χ1v) is 4.64. The van der Waals surface area contributed by atoms with Gasteiger partial charge in [-0.15, -0.1) is 0 Å². The zero-order valence-corrected chi connectivity index (χ0v) is 17.4. The minimum Gasteiger partial charge on any atom is -0.894 e. The summed E-state index contributed by atoms with van der Waals surface area (Å²) in [5.41, 5.74) is 0. The predicted octanol–water partition coefficient (Wildman–Crippen LogP) is -16.9. The molecule has 0 N–H and O–H groups in total. The van der Waals surface area contributed by atoms with Crippen molar-refractivity contribution < 1.29 is 171 Å². The van der Waals surface area contributed by atoms with Crippen molar-refractivity contribution in [3.05, 3.63) is 0 Å². The van der Waals surface area contributed by atoms with Crippen molar-refractivity contribution in [1.29, 1.82) is 0 Å². The molecule has 0 saturated carbocycles. The predicted molar refractivity (Wildman–Crippen MR) is 13.4 cm³/mol. The largest absolute Gasteiger partial charge is 1.00 e. The van der Waals surface area contributed by atoms with Gasteiger partial charge in [-0.1, -0.05) is 0 Å². The van der Waals surface area contributed by atoms with Gasteiger partial charge in [-0.25, -0.2) is 0 Å². The van der Waals surface area contributed by atoms with Crippen LogP contribution in [-0.2, 0) is 4.57 Å². The Morgan fingerprint density at radius 3 is 0.846 bits per heavy atom. The average molecular weight is 288 g/mol. The molecule has 0 rings (SSSR count). The molecule has 0 spiro atoms. The van der Waals surface area contributed by atoms with Gasteiger partial charge in [0.2, 0.25) is 0 Å². The number of phosphoric acid groups is 1. The third-order valence-corrected chi connectivity index (χ3v) is 0. The van der Waals surface area contributed by atoms with Crippen molar-refractivity contribution in [2.24, 2.45) is 0 Å². The monoisotopic (exact) mass is 288 g/mol. The number of hydrogen-bond donors (Lipinski definition) is 0. The van der Waals surface area contributed by atoms with Crippen LogP contribution in [0.2, 0.25) is 0 Å². The number of hydrogen-bond acceptors (Lipinski definition) is 8. The Morgan fingerprint density at radius 2 is 0.846 bits per heavy atom. The first-order valence-electron chi connectivity index (χ1n) is 1.55. The molecule has 0 aromatic carbocycles. The van der Waals surface area contributed by atoms with Crippen LogP contribution in [0.4, 0.5) is 0 Å². The summed E-state index contributed by atoms with van der Waals surface area (Å²) in [5, 5.41) is 0. The first-order chi connectivity index (χ1) is 4.00. The van der Waals surface area contributed by atoms with Gasteiger partial charge in [-0.2, -0.15) is 7.82 Å². The molecule has 0 radical (unpaired) electrons. The van der Waals surface area contributed by atoms with Gasteiger partial charge in [0.1, 0.15) is 0 Å². The molecule has 13 heavy (non-hydrogen) atoms. The molecule has 0 aliphatic heterocycles. The van der Waals surface area contributed by atoms with Gasteiger partial charge in [0, 0.05) is 0 Å². The second-order valence-corrected chi connectivity index (χ2v) is 2.84. The van der Waals surface area contributed by atoms with Gasteiger partial charge in [0.05, 0.1) is 0 Å². The fourth-order valence-electron chi connectivity index (χ4n) is 0. The van der Waals surface area contributed by atoms with Gasteiger partial charge >= 0.3 is 132 Å². The summed E-state index contributed by atoms with van der Waals surface area (Å²) in [6, 6.07) is 0. The quantitative estimate of drug-likeness (QED) is 0.311. The maximum Gasteiger partial charge on any atom is 1.00 e. The van der Waals surface area contributed by atoms with Crippen LogP contribution in [0.5, 0.6) is 0 Å². The van der Waals surface area contributed by atoms with E-state index in [1.807, 2.05) is 0 Å². The molecule has 0 aliphatic carbocycles. The molecule has 0 aliphatic rings. The normalized spacial score (nSPS) is 9.15. The van der Waals surface area contributed by atoms with Crippen LogP contribution in [0.3, 0.4) is 0 Å². The minimum absolute atomic E-state index is 0.